The molecule has 0 aromatic carbocycles. The summed E-state index contributed by atoms with van der Waals surface area (Å²) >= 11 is 10.2. The zero-order chi connectivity index (χ0) is 13.3. The van der Waals surface area contributed by atoms with Crippen molar-refractivity contribution >= 4 is 34.4 Å². The topological polar surface area (TPSA) is 43.4 Å². The normalized spacial score (nSPS) is 20.2. The van der Waals surface area contributed by atoms with Crippen LogP contribution in [0.4, 0.5) is 8.78 Å². The van der Waals surface area contributed by atoms with Crippen LogP contribution in [0.5, 0.6) is 0 Å². The second-order valence-electron chi connectivity index (χ2n) is 3.64. The molecule has 0 amide bonds. The summed E-state index contributed by atoms with van der Waals surface area (Å²) in [6.45, 7) is -0.747. The van der Waals surface area contributed by atoms with E-state index in [-0.39, 0.29) is 37.2 Å². The molecule has 0 bridgehead atoms. The number of alkyl halides is 3. The lowest BCUT2D eigenvalue weighted by Gasteiger charge is -2.02. The standard InChI is InChI=1S/C5H7Cl2FO.C5H7FO2/c6-2-4(3-8)1-5(7)9;6-2-4-1-5(7)8-3-4/h4H,1-3H2;4H,1-3H2. The van der Waals surface area contributed by atoms with Crippen molar-refractivity contribution in [3.63, 3.8) is 0 Å². The van der Waals surface area contributed by atoms with E-state index in [1.54, 1.807) is 0 Å². The second kappa shape index (κ2) is 9.59. The molecule has 1 fully saturated rings. The van der Waals surface area contributed by atoms with Crippen molar-refractivity contribution in [2.45, 2.75) is 12.8 Å². The van der Waals surface area contributed by atoms with Crippen LogP contribution in [0.2, 0.25) is 0 Å². The minimum absolute atomic E-state index is 0.0293. The summed E-state index contributed by atoms with van der Waals surface area (Å²) in [7, 11) is 0. The Morgan fingerprint density at radius 1 is 1.53 bits per heavy atom. The molecule has 0 aromatic rings. The molecule has 17 heavy (non-hydrogen) atoms. The van der Waals surface area contributed by atoms with Crippen molar-refractivity contribution in [1.29, 1.82) is 0 Å². The average molecular weight is 291 g/mol. The Kier molecular flexibility index (Phi) is 9.36. The Morgan fingerprint density at radius 3 is 2.35 bits per heavy atom. The third-order valence-corrected chi connectivity index (χ3v) is 2.63. The van der Waals surface area contributed by atoms with Gasteiger partial charge in [0.05, 0.1) is 26.4 Å². The van der Waals surface area contributed by atoms with E-state index in [0.717, 1.165) is 0 Å². The van der Waals surface area contributed by atoms with Crippen molar-refractivity contribution in [3.05, 3.63) is 0 Å². The Hall–Kier alpha value is -0.420. The molecular formula is C10H14Cl2F2O3. The maximum Gasteiger partial charge on any atom is 0.306 e. The molecule has 1 heterocycles. The molecule has 1 aliphatic rings. The largest absolute Gasteiger partial charge is 0.465 e. The van der Waals surface area contributed by atoms with E-state index >= 15 is 0 Å². The highest BCUT2D eigenvalue weighted by Crippen LogP contribution is 2.13. The zero-order valence-corrected chi connectivity index (χ0v) is 10.6. The van der Waals surface area contributed by atoms with Crippen LogP contribution in [0, 0.1) is 11.8 Å². The van der Waals surface area contributed by atoms with Crippen molar-refractivity contribution in [1.82, 2.24) is 0 Å². The first kappa shape index (κ1) is 16.6. The minimum atomic E-state index is -0.581. The maximum atomic E-state index is 11.7. The summed E-state index contributed by atoms with van der Waals surface area (Å²) in [5.41, 5.74) is 0. The van der Waals surface area contributed by atoms with Crippen LogP contribution in [-0.2, 0) is 14.3 Å². The smallest absolute Gasteiger partial charge is 0.306 e. The zero-order valence-electron chi connectivity index (χ0n) is 9.13. The fourth-order valence-corrected chi connectivity index (χ4v) is 1.45. The van der Waals surface area contributed by atoms with Gasteiger partial charge < -0.3 is 4.74 Å². The average Bonchev–Trinajstić information content (AvgIpc) is 2.72. The summed E-state index contributed by atoms with van der Waals surface area (Å²) in [6.07, 6.45) is 0.290. The van der Waals surface area contributed by atoms with Gasteiger partial charge in [0.2, 0.25) is 5.24 Å². The van der Waals surface area contributed by atoms with E-state index < -0.39 is 24.5 Å². The number of carbonyl (C=O) groups is 2. The number of rotatable bonds is 5. The van der Waals surface area contributed by atoms with Gasteiger partial charge in [0.15, 0.2) is 0 Å². The van der Waals surface area contributed by atoms with E-state index in [2.05, 4.69) is 4.74 Å². The summed E-state index contributed by atoms with van der Waals surface area (Å²) in [6, 6.07) is 0. The van der Waals surface area contributed by atoms with Gasteiger partial charge in [-0.3, -0.25) is 18.4 Å². The molecule has 7 heteroatoms. The number of hydrogen-bond donors (Lipinski definition) is 0. The molecule has 0 aromatic heterocycles. The first-order chi connectivity index (χ1) is 8.03. The van der Waals surface area contributed by atoms with Gasteiger partial charge in [0.25, 0.3) is 0 Å². The Bertz CT molecular complexity index is 248. The SMILES string of the molecule is O=C(Cl)CC(CF)CCl.O=C1CC(CF)CO1. The van der Waals surface area contributed by atoms with Crippen LogP contribution in [0.3, 0.4) is 0 Å². The van der Waals surface area contributed by atoms with Crippen molar-refractivity contribution < 1.29 is 23.1 Å². The highest BCUT2D eigenvalue weighted by Gasteiger charge is 2.22. The van der Waals surface area contributed by atoms with Gasteiger partial charge in [-0.2, -0.15) is 0 Å². The van der Waals surface area contributed by atoms with Crippen molar-refractivity contribution in [3.8, 4) is 0 Å². The highest BCUT2D eigenvalue weighted by molar-refractivity contribution is 6.63. The molecule has 100 valence electrons. The quantitative estimate of drug-likeness (QED) is 0.444. The number of hydrogen-bond acceptors (Lipinski definition) is 3. The van der Waals surface area contributed by atoms with Crippen LogP contribution >= 0.6 is 23.2 Å². The predicted molar refractivity (Wildman–Crippen MR) is 60.7 cm³/mol. The van der Waals surface area contributed by atoms with E-state index in [9.17, 15) is 18.4 Å². The Labute approximate surface area is 108 Å². The lowest BCUT2D eigenvalue weighted by atomic mass is 10.1. The van der Waals surface area contributed by atoms with Gasteiger partial charge in [0, 0.05) is 24.1 Å². The monoisotopic (exact) mass is 290 g/mol. The molecule has 1 saturated heterocycles. The number of halogens is 4. The molecule has 2 unspecified atom stereocenters. The Morgan fingerprint density at radius 2 is 2.18 bits per heavy atom. The molecule has 1 rings (SSSR count). The van der Waals surface area contributed by atoms with Crippen LogP contribution in [-0.4, -0.2) is 37.0 Å². The van der Waals surface area contributed by atoms with E-state index in [1.165, 1.54) is 0 Å². The van der Waals surface area contributed by atoms with E-state index in [1.807, 2.05) is 0 Å². The second-order valence-corrected chi connectivity index (χ2v) is 4.37. The fraction of sp³-hybridized carbons (Fsp3) is 0.800. The number of ether oxygens (including phenoxy) is 1. The third kappa shape index (κ3) is 8.32. The van der Waals surface area contributed by atoms with Gasteiger partial charge in [-0.1, -0.05) is 0 Å². The van der Waals surface area contributed by atoms with Gasteiger partial charge in [-0.05, 0) is 11.6 Å². The fourth-order valence-electron chi connectivity index (χ4n) is 1.04. The lowest BCUT2D eigenvalue weighted by Crippen LogP contribution is -2.07. The molecule has 1 aliphatic heterocycles. The van der Waals surface area contributed by atoms with Crippen molar-refractivity contribution in [2.24, 2.45) is 11.8 Å². The summed E-state index contributed by atoms with van der Waals surface area (Å²) in [4.78, 5) is 20.3. The van der Waals surface area contributed by atoms with E-state index in [0.29, 0.717) is 0 Å². The molecule has 2 atom stereocenters. The Balaban J connectivity index is 0.000000302. The number of esters is 1. The molecule has 0 saturated carbocycles. The minimum Gasteiger partial charge on any atom is -0.465 e. The van der Waals surface area contributed by atoms with Gasteiger partial charge in [-0.15, -0.1) is 11.6 Å². The van der Waals surface area contributed by atoms with Gasteiger partial charge in [-0.25, -0.2) is 0 Å². The van der Waals surface area contributed by atoms with Crippen LogP contribution in [0.15, 0.2) is 0 Å². The number of cyclic esters (lactones) is 1. The molecule has 0 radical (unpaired) electrons. The maximum absolute atomic E-state index is 11.7. The predicted octanol–water partition coefficient (Wildman–Crippen LogP) is 2.49. The van der Waals surface area contributed by atoms with Crippen LogP contribution in [0.1, 0.15) is 12.8 Å². The first-order valence-electron chi connectivity index (χ1n) is 5.05. The van der Waals surface area contributed by atoms with Crippen LogP contribution < -0.4 is 0 Å². The molecule has 0 N–H and O–H groups in total. The molecular weight excluding hydrogens is 277 g/mol. The van der Waals surface area contributed by atoms with Crippen LogP contribution in [0.25, 0.3) is 0 Å². The third-order valence-electron chi connectivity index (χ3n) is 2.04. The van der Waals surface area contributed by atoms with Gasteiger partial charge >= 0.3 is 5.97 Å². The summed E-state index contributed by atoms with van der Waals surface area (Å²) in [5.74, 6) is -0.693. The van der Waals surface area contributed by atoms with E-state index in [4.69, 9.17) is 23.2 Å². The summed E-state index contributed by atoms with van der Waals surface area (Å²) < 4.78 is 27.8. The first-order valence-corrected chi connectivity index (χ1v) is 5.96. The number of carbonyl (C=O) groups excluding carboxylic acids is 2. The molecule has 0 spiro atoms. The molecule has 0 aliphatic carbocycles. The summed E-state index contributed by atoms with van der Waals surface area (Å²) in [5, 5.41) is -0.529. The lowest BCUT2D eigenvalue weighted by molar-refractivity contribution is -0.137. The molecule has 3 nitrogen and oxygen atoms in total. The van der Waals surface area contributed by atoms with Crippen molar-refractivity contribution in [2.75, 3.05) is 25.8 Å². The highest BCUT2D eigenvalue weighted by atomic mass is 35.5. The van der Waals surface area contributed by atoms with Gasteiger partial charge in [0.1, 0.15) is 0 Å².